The molecule has 0 aliphatic carbocycles. The predicted molar refractivity (Wildman–Crippen MR) is 74.8 cm³/mol. The zero-order valence-corrected chi connectivity index (χ0v) is 11.5. The lowest BCUT2D eigenvalue weighted by Crippen LogP contribution is -2.33. The molecule has 1 unspecified atom stereocenters. The van der Waals surface area contributed by atoms with Gasteiger partial charge in [-0.25, -0.2) is 0 Å². The first-order valence-electron chi connectivity index (χ1n) is 6.71. The van der Waals surface area contributed by atoms with Crippen molar-refractivity contribution in [3.63, 3.8) is 0 Å². The van der Waals surface area contributed by atoms with Crippen molar-refractivity contribution in [2.75, 3.05) is 13.2 Å². The third-order valence-corrected chi connectivity index (χ3v) is 3.12. The van der Waals surface area contributed by atoms with E-state index >= 15 is 0 Å². The lowest BCUT2D eigenvalue weighted by atomic mass is 10.00. The van der Waals surface area contributed by atoms with E-state index in [-0.39, 0.29) is 0 Å². The fourth-order valence-corrected chi connectivity index (χ4v) is 1.76. The Morgan fingerprint density at radius 3 is 2.78 bits per heavy atom. The number of hydrogen-bond acceptors (Lipinski definition) is 3. The van der Waals surface area contributed by atoms with Crippen LogP contribution in [0.15, 0.2) is 24.3 Å². The Balaban J connectivity index is 2.21. The van der Waals surface area contributed by atoms with Crippen molar-refractivity contribution < 1.29 is 9.84 Å². The minimum absolute atomic E-state index is 0.312. The van der Waals surface area contributed by atoms with Crippen molar-refractivity contribution in [3.05, 3.63) is 29.8 Å². The van der Waals surface area contributed by atoms with Crippen molar-refractivity contribution in [2.24, 2.45) is 5.73 Å². The number of hydrogen-bond donors (Lipinski definition) is 2. The van der Waals surface area contributed by atoms with E-state index in [1.807, 2.05) is 12.1 Å². The van der Waals surface area contributed by atoms with Crippen LogP contribution in [0, 0.1) is 0 Å². The number of nitrogens with two attached hydrogens (primary N) is 1. The molecule has 3 nitrogen and oxygen atoms in total. The molecule has 0 heterocycles. The molecule has 0 saturated carbocycles. The average Bonchev–Trinajstić information content (AvgIpc) is 2.38. The number of aryl methyl sites for hydroxylation is 1. The fraction of sp³-hybridized carbons (Fsp3) is 0.600. The van der Waals surface area contributed by atoms with Crippen LogP contribution < -0.4 is 10.5 Å². The summed E-state index contributed by atoms with van der Waals surface area (Å²) in [5.41, 5.74) is 6.02. The van der Waals surface area contributed by atoms with Crippen LogP contribution in [0.3, 0.4) is 0 Å². The zero-order valence-electron chi connectivity index (χ0n) is 11.5. The Labute approximate surface area is 110 Å². The number of rotatable bonds is 8. The van der Waals surface area contributed by atoms with Crippen LogP contribution in [-0.4, -0.2) is 23.9 Å². The highest BCUT2D eigenvalue weighted by molar-refractivity contribution is 5.28. The van der Waals surface area contributed by atoms with Crippen LogP contribution in [0.5, 0.6) is 5.75 Å². The second kappa shape index (κ2) is 7.39. The van der Waals surface area contributed by atoms with Crippen molar-refractivity contribution in [1.29, 1.82) is 0 Å². The number of unbranched alkanes of at least 4 members (excludes halogenated alkanes) is 1. The Bertz CT molecular complexity index is 350. The third kappa shape index (κ3) is 5.52. The van der Waals surface area contributed by atoms with E-state index in [2.05, 4.69) is 19.1 Å². The SMILES string of the molecule is CCc1cccc(OCCCCC(C)(O)CN)c1. The molecule has 3 heteroatoms. The molecule has 102 valence electrons. The zero-order chi connectivity index (χ0) is 13.4. The Hall–Kier alpha value is -1.06. The van der Waals surface area contributed by atoms with Gasteiger partial charge in [0.1, 0.15) is 5.75 Å². The molecule has 0 aliphatic heterocycles. The third-order valence-electron chi connectivity index (χ3n) is 3.12. The van der Waals surface area contributed by atoms with Crippen LogP contribution in [0.2, 0.25) is 0 Å². The lowest BCUT2D eigenvalue weighted by Gasteiger charge is -2.20. The molecule has 1 rings (SSSR count). The fourth-order valence-electron chi connectivity index (χ4n) is 1.76. The number of benzene rings is 1. The highest BCUT2D eigenvalue weighted by Gasteiger charge is 2.16. The molecule has 0 aliphatic rings. The van der Waals surface area contributed by atoms with E-state index in [4.69, 9.17) is 10.5 Å². The maximum atomic E-state index is 9.74. The summed E-state index contributed by atoms with van der Waals surface area (Å²) in [5, 5.41) is 9.74. The minimum atomic E-state index is -0.734. The largest absolute Gasteiger partial charge is 0.494 e. The molecule has 0 amide bonds. The molecular formula is C15H25NO2. The van der Waals surface area contributed by atoms with Crippen LogP contribution in [0.1, 0.15) is 38.7 Å². The van der Waals surface area contributed by atoms with E-state index in [1.54, 1.807) is 6.92 Å². The molecule has 0 saturated heterocycles. The smallest absolute Gasteiger partial charge is 0.119 e. The van der Waals surface area contributed by atoms with Crippen molar-refractivity contribution in [2.45, 2.75) is 45.1 Å². The second-order valence-corrected chi connectivity index (χ2v) is 5.01. The molecule has 1 atom stereocenters. The van der Waals surface area contributed by atoms with Gasteiger partial charge in [0.2, 0.25) is 0 Å². The second-order valence-electron chi connectivity index (χ2n) is 5.01. The molecule has 0 spiro atoms. The first-order chi connectivity index (χ1) is 8.57. The molecular weight excluding hydrogens is 226 g/mol. The summed E-state index contributed by atoms with van der Waals surface area (Å²) in [7, 11) is 0. The van der Waals surface area contributed by atoms with Crippen LogP contribution in [0.4, 0.5) is 0 Å². The quantitative estimate of drug-likeness (QED) is 0.698. The summed E-state index contributed by atoms with van der Waals surface area (Å²) in [4.78, 5) is 0. The van der Waals surface area contributed by atoms with Gasteiger partial charge in [-0.05, 0) is 50.3 Å². The van der Waals surface area contributed by atoms with Gasteiger partial charge in [0.25, 0.3) is 0 Å². The molecule has 0 aromatic heterocycles. The van der Waals surface area contributed by atoms with Gasteiger partial charge < -0.3 is 15.6 Å². The van der Waals surface area contributed by atoms with Crippen LogP contribution in [0.25, 0.3) is 0 Å². The van der Waals surface area contributed by atoms with E-state index < -0.39 is 5.60 Å². The Morgan fingerprint density at radius 2 is 2.11 bits per heavy atom. The summed E-state index contributed by atoms with van der Waals surface area (Å²) in [6.07, 6.45) is 3.61. The van der Waals surface area contributed by atoms with Gasteiger partial charge >= 0.3 is 0 Å². The molecule has 1 aromatic rings. The highest BCUT2D eigenvalue weighted by atomic mass is 16.5. The Kier molecular flexibility index (Phi) is 6.16. The standard InChI is InChI=1S/C15H25NO2/c1-3-13-7-6-8-14(11-13)18-10-5-4-9-15(2,17)12-16/h6-8,11,17H,3-5,9-10,12,16H2,1-2H3. The van der Waals surface area contributed by atoms with Gasteiger partial charge in [-0.2, -0.15) is 0 Å². The van der Waals surface area contributed by atoms with Crippen molar-refractivity contribution in [3.8, 4) is 5.75 Å². The summed E-state index contributed by atoms with van der Waals surface area (Å²) < 4.78 is 5.68. The molecule has 3 N–H and O–H groups in total. The topological polar surface area (TPSA) is 55.5 Å². The number of ether oxygens (including phenoxy) is 1. The maximum Gasteiger partial charge on any atom is 0.119 e. The van der Waals surface area contributed by atoms with Gasteiger partial charge in [-0.1, -0.05) is 19.1 Å². The van der Waals surface area contributed by atoms with Gasteiger partial charge in [0.15, 0.2) is 0 Å². The van der Waals surface area contributed by atoms with Gasteiger partial charge in [0, 0.05) is 6.54 Å². The van der Waals surface area contributed by atoms with E-state index in [0.717, 1.165) is 31.4 Å². The first kappa shape index (κ1) is 15.0. The predicted octanol–water partition coefficient (Wildman–Crippen LogP) is 2.51. The minimum Gasteiger partial charge on any atom is -0.494 e. The molecule has 0 radical (unpaired) electrons. The summed E-state index contributed by atoms with van der Waals surface area (Å²) in [5.74, 6) is 0.930. The molecule has 0 bridgehead atoms. The summed E-state index contributed by atoms with van der Waals surface area (Å²) in [6, 6.07) is 8.18. The molecule has 18 heavy (non-hydrogen) atoms. The molecule has 0 fully saturated rings. The van der Waals surface area contributed by atoms with Gasteiger partial charge in [-0.15, -0.1) is 0 Å². The normalized spacial score (nSPS) is 14.2. The van der Waals surface area contributed by atoms with Crippen LogP contribution >= 0.6 is 0 Å². The van der Waals surface area contributed by atoms with Gasteiger partial charge in [-0.3, -0.25) is 0 Å². The maximum absolute atomic E-state index is 9.74. The van der Waals surface area contributed by atoms with Crippen molar-refractivity contribution in [1.82, 2.24) is 0 Å². The van der Waals surface area contributed by atoms with Crippen LogP contribution in [-0.2, 0) is 6.42 Å². The average molecular weight is 251 g/mol. The number of aliphatic hydroxyl groups is 1. The molecule has 1 aromatic carbocycles. The van der Waals surface area contributed by atoms with Gasteiger partial charge in [0.05, 0.1) is 12.2 Å². The van der Waals surface area contributed by atoms with Crippen molar-refractivity contribution >= 4 is 0 Å². The summed E-state index contributed by atoms with van der Waals surface area (Å²) in [6.45, 7) is 4.91. The first-order valence-corrected chi connectivity index (χ1v) is 6.71. The van der Waals surface area contributed by atoms with E-state index in [1.165, 1.54) is 5.56 Å². The van der Waals surface area contributed by atoms with E-state index in [0.29, 0.717) is 13.2 Å². The lowest BCUT2D eigenvalue weighted by molar-refractivity contribution is 0.0562. The monoisotopic (exact) mass is 251 g/mol. The Morgan fingerprint density at radius 1 is 1.33 bits per heavy atom. The van der Waals surface area contributed by atoms with E-state index in [9.17, 15) is 5.11 Å². The summed E-state index contributed by atoms with van der Waals surface area (Å²) >= 11 is 0. The highest BCUT2D eigenvalue weighted by Crippen LogP contribution is 2.15.